The lowest BCUT2D eigenvalue weighted by Crippen LogP contribution is -2.34. The summed E-state index contributed by atoms with van der Waals surface area (Å²) in [5.41, 5.74) is 2.19. The number of anilines is 2. The predicted molar refractivity (Wildman–Crippen MR) is 68.3 cm³/mol. The van der Waals surface area contributed by atoms with Crippen LogP contribution in [0.15, 0.2) is 12.1 Å². The molecule has 0 atom stereocenters. The predicted octanol–water partition coefficient (Wildman–Crippen LogP) is 0.482. The van der Waals surface area contributed by atoms with E-state index in [-0.39, 0.29) is 24.2 Å². The molecule has 4 N–H and O–H groups in total. The molecule has 0 spiro atoms. The summed E-state index contributed by atoms with van der Waals surface area (Å²) < 4.78 is 0. The van der Waals surface area contributed by atoms with E-state index in [1.54, 1.807) is 4.90 Å². The zero-order valence-corrected chi connectivity index (χ0v) is 10.3. The summed E-state index contributed by atoms with van der Waals surface area (Å²) in [7, 11) is 0. The van der Waals surface area contributed by atoms with E-state index in [1.807, 2.05) is 13.8 Å². The van der Waals surface area contributed by atoms with Crippen LogP contribution in [0.25, 0.3) is 0 Å². The van der Waals surface area contributed by atoms with E-state index >= 15 is 0 Å². The quantitative estimate of drug-likeness (QED) is 0.384. The molecule has 1 aromatic heterocycles. The Hall–Kier alpha value is -1.93. The van der Waals surface area contributed by atoms with Crippen molar-refractivity contribution in [2.24, 2.45) is 5.84 Å². The number of nitrogen functional groups attached to an aromatic ring is 1. The van der Waals surface area contributed by atoms with E-state index in [4.69, 9.17) is 10.9 Å². The highest BCUT2D eigenvalue weighted by Gasteiger charge is 2.17. The maximum Gasteiger partial charge on any atom is 0.276 e. The van der Waals surface area contributed by atoms with Crippen molar-refractivity contribution in [2.45, 2.75) is 19.9 Å². The Morgan fingerprint density at radius 3 is 2.72 bits per heavy atom. The number of aromatic nitrogens is 1. The Kier molecular flexibility index (Phi) is 4.81. The van der Waals surface area contributed by atoms with Crippen molar-refractivity contribution in [1.82, 2.24) is 4.98 Å². The SMILES string of the molecule is CC(C)N(CCO)c1cc([N+](=O)[O-])cc(NN)n1. The molecule has 0 amide bonds. The van der Waals surface area contributed by atoms with E-state index < -0.39 is 4.92 Å². The van der Waals surface area contributed by atoms with Gasteiger partial charge in [-0.05, 0) is 13.8 Å². The molecule has 0 unspecified atom stereocenters. The number of nitrogens with zero attached hydrogens (tertiary/aromatic N) is 3. The number of pyridine rings is 1. The van der Waals surface area contributed by atoms with Crippen LogP contribution in [-0.2, 0) is 0 Å². The topological polar surface area (TPSA) is 118 Å². The maximum atomic E-state index is 10.8. The van der Waals surface area contributed by atoms with Gasteiger partial charge in [0.1, 0.15) is 11.6 Å². The number of aliphatic hydroxyl groups excluding tert-OH is 1. The van der Waals surface area contributed by atoms with Gasteiger partial charge in [-0.2, -0.15) is 0 Å². The lowest BCUT2D eigenvalue weighted by molar-refractivity contribution is -0.384. The fourth-order valence-corrected chi connectivity index (χ4v) is 1.57. The first-order chi connectivity index (χ1) is 8.49. The molecule has 0 aliphatic heterocycles. The summed E-state index contributed by atoms with van der Waals surface area (Å²) in [4.78, 5) is 16.2. The van der Waals surface area contributed by atoms with Crippen molar-refractivity contribution in [3.05, 3.63) is 22.2 Å². The summed E-state index contributed by atoms with van der Waals surface area (Å²) >= 11 is 0. The van der Waals surface area contributed by atoms with Gasteiger partial charge in [0.05, 0.1) is 23.7 Å². The van der Waals surface area contributed by atoms with E-state index in [0.29, 0.717) is 12.4 Å². The average molecular weight is 255 g/mol. The van der Waals surface area contributed by atoms with Gasteiger partial charge in [0.25, 0.3) is 5.69 Å². The summed E-state index contributed by atoms with van der Waals surface area (Å²) in [5.74, 6) is 5.85. The van der Waals surface area contributed by atoms with Gasteiger partial charge in [0.15, 0.2) is 0 Å². The molecule has 0 radical (unpaired) electrons. The number of aliphatic hydroxyl groups is 1. The van der Waals surface area contributed by atoms with Crippen molar-refractivity contribution >= 4 is 17.3 Å². The Bertz CT molecular complexity index is 424. The highest BCUT2D eigenvalue weighted by Crippen LogP contribution is 2.24. The molecule has 0 fully saturated rings. The Labute approximate surface area is 105 Å². The summed E-state index contributed by atoms with van der Waals surface area (Å²) in [6, 6.07) is 2.66. The van der Waals surface area contributed by atoms with Crippen LogP contribution in [-0.4, -0.2) is 34.2 Å². The van der Waals surface area contributed by atoms with Crippen LogP contribution in [0.3, 0.4) is 0 Å². The second-order valence-corrected chi connectivity index (χ2v) is 3.98. The molecule has 0 aliphatic carbocycles. The smallest absolute Gasteiger partial charge is 0.276 e. The van der Waals surface area contributed by atoms with Crippen molar-refractivity contribution in [3.8, 4) is 0 Å². The van der Waals surface area contributed by atoms with Gasteiger partial charge in [-0.3, -0.25) is 10.1 Å². The lowest BCUT2D eigenvalue weighted by Gasteiger charge is -2.27. The van der Waals surface area contributed by atoms with Gasteiger partial charge < -0.3 is 15.4 Å². The third-order valence-electron chi connectivity index (χ3n) is 2.41. The molecule has 0 saturated heterocycles. The van der Waals surface area contributed by atoms with Crippen LogP contribution < -0.4 is 16.2 Å². The van der Waals surface area contributed by atoms with Gasteiger partial charge in [-0.1, -0.05) is 0 Å². The van der Waals surface area contributed by atoms with E-state index in [9.17, 15) is 10.1 Å². The highest BCUT2D eigenvalue weighted by atomic mass is 16.6. The Morgan fingerprint density at radius 1 is 1.61 bits per heavy atom. The first-order valence-corrected chi connectivity index (χ1v) is 5.50. The normalized spacial score (nSPS) is 10.5. The maximum absolute atomic E-state index is 10.8. The van der Waals surface area contributed by atoms with Crippen LogP contribution in [0.1, 0.15) is 13.8 Å². The van der Waals surface area contributed by atoms with E-state index in [1.165, 1.54) is 12.1 Å². The summed E-state index contributed by atoms with van der Waals surface area (Å²) in [6.07, 6.45) is 0. The van der Waals surface area contributed by atoms with Crippen LogP contribution in [0.4, 0.5) is 17.3 Å². The first kappa shape index (κ1) is 14.1. The van der Waals surface area contributed by atoms with Crippen molar-refractivity contribution in [2.75, 3.05) is 23.5 Å². The van der Waals surface area contributed by atoms with Gasteiger partial charge in [0.2, 0.25) is 0 Å². The Morgan fingerprint density at radius 2 is 2.28 bits per heavy atom. The number of hydrogen-bond donors (Lipinski definition) is 3. The summed E-state index contributed by atoms with van der Waals surface area (Å²) in [5, 5.41) is 19.8. The number of rotatable bonds is 6. The zero-order chi connectivity index (χ0) is 13.7. The van der Waals surface area contributed by atoms with E-state index in [0.717, 1.165) is 0 Å². The number of nitro groups is 1. The lowest BCUT2D eigenvalue weighted by atomic mass is 10.3. The van der Waals surface area contributed by atoms with Gasteiger partial charge in [-0.25, -0.2) is 10.8 Å². The molecule has 18 heavy (non-hydrogen) atoms. The fraction of sp³-hybridized carbons (Fsp3) is 0.500. The zero-order valence-electron chi connectivity index (χ0n) is 10.3. The van der Waals surface area contributed by atoms with Gasteiger partial charge in [-0.15, -0.1) is 0 Å². The molecule has 8 heteroatoms. The van der Waals surface area contributed by atoms with E-state index in [2.05, 4.69) is 10.4 Å². The second kappa shape index (κ2) is 6.12. The second-order valence-electron chi connectivity index (χ2n) is 3.98. The van der Waals surface area contributed by atoms with Crippen LogP contribution in [0.2, 0.25) is 0 Å². The number of hydrazine groups is 1. The molecule has 8 nitrogen and oxygen atoms in total. The van der Waals surface area contributed by atoms with Crippen molar-refractivity contribution in [1.29, 1.82) is 0 Å². The third-order valence-corrected chi connectivity index (χ3v) is 2.41. The molecule has 1 aromatic rings. The minimum Gasteiger partial charge on any atom is -0.395 e. The fourth-order valence-electron chi connectivity index (χ4n) is 1.57. The average Bonchev–Trinajstić information content (AvgIpc) is 2.34. The van der Waals surface area contributed by atoms with Crippen LogP contribution in [0, 0.1) is 10.1 Å². The number of nitrogens with one attached hydrogen (secondary N) is 1. The molecule has 100 valence electrons. The standard InChI is InChI=1S/C10H17N5O3/c1-7(2)14(3-4-16)10-6-8(15(17)18)5-9(12-10)13-11/h5-7,16H,3-4,11H2,1-2H3,(H,12,13). The number of hydrogen-bond acceptors (Lipinski definition) is 7. The molecular formula is C10H17N5O3. The highest BCUT2D eigenvalue weighted by molar-refractivity contribution is 5.55. The molecule has 0 aliphatic rings. The monoisotopic (exact) mass is 255 g/mol. The van der Waals surface area contributed by atoms with Crippen molar-refractivity contribution < 1.29 is 10.0 Å². The molecule has 0 bridgehead atoms. The molecular weight excluding hydrogens is 238 g/mol. The molecule has 0 aromatic carbocycles. The molecule has 1 heterocycles. The summed E-state index contributed by atoms with van der Waals surface area (Å²) in [6.45, 7) is 4.10. The third kappa shape index (κ3) is 3.28. The minimum absolute atomic E-state index is 0.0530. The van der Waals surface area contributed by atoms with Crippen LogP contribution in [0.5, 0.6) is 0 Å². The Balaban J connectivity index is 3.20. The van der Waals surface area contributed by atoms with Gasteiger partial charge >= 0.3 is 0 Å². The van der Waals surface area contributed by atoms with Crippen molar-refractivity contribution in [3.63, 3.8) is 0 Å². The molecule has 0 saturated carbocycles. The molecule has 1 rings (SSSR count). The van der Waals surface area contributed by atoms with Crippen LogP contribution >= 0.6 is 0 Å². The first-order valence-electron chi connectivity index (χ1n) is 5.50. The minimum atomic E-state index is -0.510. The largest absolute Gasteiger partial charge is 0.395 e. The number of nitrogens with two attached hydrogens (primary N) is 1. The van der Waals surface area contributed by atoms with Gasteiger partial charge in [0, 0.05) is 12.6 Å².